The summed E-state index contributed by atoms with van der Waals surface area (Å²) in [4.78, 5) is 0. The van der Waals surface area contributed by atoms with Crippen molar-refractivity contribution in [3.05, 3.63) is 35.9 Å². The summed E-state index contributed by atoms with van der Waals surface area (Å²) in [6.07, 6.45) is 0.936. The highest BCUT2D eigenvalue weighted by Gasteiger charge is 2.41. The molecule has 1 aromatic rings. The van der Waals surface area contributed by atoms with Gasteiger partial charge in [0.25, 0.3) is 0 Å². The van der Waals surface area contributed by atoms with Gasteiger partial charge in [0, 0.05) is 11.4 Å². The van der Waals surface area contributed by atoms with Gasteiger partial charge in [-0.25, -0.2) is 0 Å². The Morgan fingerprint density at radius 1 is 1.33 bits per heavy atom. The average molecular weight is 465 g/mol. The Labute approximate surface area is 162 Å². The van der Waals surface area contributed by atoms with E-state index in [4.69, 9.17) is 4.74 Å². The van der Waals surface area contributed by atoms with Crippen LogP contribution >= 0.6 is 22.6 Å². The molecule has 1 heterocycles. The fourth-order valence-electron chi connectivity index (χ4n) is 2.81. The lowest BCUT2D eigenvalue weighted by Gasteiger charge is -2.41. The van der Waals surface area contributed by atoms with Gasteiger partial charge in [0.1, 0.15) is 4.75 Å². The van der Waals surface area contributed by atoms with Crippen LogP contribution in [0.4, 0.5) is 0 Å². The molecule has 0 aromatic heterocycles. The summed E-state index contributed by atoms with van der Waals surface area (Å²) in [5.41, 5.74) is 1.13. The molecule has 136 valence electrons. The molecule has 1 aromatic carbocycles. The van der Waals surface area contributed by atoms with Crippen LogP contribution in [-0.2, 0) is 22.6 Å². The first-order valence-electron chi connectivity index (χ1n) is 8.40. The first-order chi connectivity index (χ1) is 11.2. The van der Waals surface area contributed by atoms with Crippen molar-refractivity contribution in [2.75, 3.05) is 0 Å². The number of aliphatic hydroxyl groups excluding tert-OH is 1. The minimum atomic E-state index is -1.16. The predicted octanol–water partition coefficient (Wildman–Crippen LogP) is 3.64. The molecule has 4 nitrogen and oxygen atoms in total. The molecule has 0 unspecified atom stereocenters. The zero-order chi connectivity index (χ0) is 17.9. The van der Waals surface area contributed by atoms with Crippen LogP contribution < -0.4 is 0 Å². The minimum Gasteiger partial charge on any atom is -0.597 e. The van der Waals surface area contributed by atoms with Crippen molar-refractivity contribution in [1.29, 1.82) is 0 Å². The Hall–Kier alpha value is 0.140. The summed E-state index contributed by atoms with van der Waals surface area (Å²) in [6.45, 7) is 8.63. The van der Waals surface area contributed by atoms with Gasteiger partial charge < -0.3 is 14.4 Å². The van der Waals surface area contributed by atoms with Crippen LogP contribution in [0, 0.1) is 0 Å². The number of hydrogen-bond donors (Lipinski definition) is 1. The predicted molar refractivity (Wildman–Crippen MR) is 107 cm³/mol. The van der Waals surface area contributed by atoms with Crippen LogP contribution in [0.3, 0.4) is 0 Å². The highest BCUT2D eigenvalue weighted by molar-refractivity contribution is 14.1. The van der Waals surface area contributed by atoms with E-state index in [9.17, 15) is 9.66 Å². The van der Waals surface area contributed by atoms with Crippen molar-refractivity contribution in [3.63, 3.8) is 0 Å². The maximum atomic E-state index is 13.1. The number of aliphatic hydroxyl groups is 1. The van der Waals surface area contributed by atoms with Crippen molar-refractivity contribution in [3.8, 4) is 0 Å². The third-order valence-corrected chi connectivity index (χ3v) is 7.43. The Morgan fingerprint density at radius 3 is 2.50 bits per heavy atom. The van der Waals surface area contributed by atoms with Crippen molar-refractivity contribution in [2.45, 2.75) is 74.2 Å². The maximum Gasteiger partial charge on any atom is 0.166 e. The molecule has 0 bridgehead atoms. The quantitative estimate of drug-likeness (QED) is 0.410. The van der Waals surface area contributed by atoms with Gasteiger partial charge in [0.15, 0.2) is 6.29 Å². The van der Waals surface area contributed by atoms with Gasteiger partial charge in [-0.2, -0.15) is 0 Å². The number of benzene rings is 1. The fourth-order valence-corrected chi connectivity index (χ4v) is 4.74. The molecule has 1 fully saturated rings. The van der Waals surface area contributed by atoms with Gasteiger partial charge in [0.05, 0.1) is 22.6 Å². The van der Waals surface area contributed by atoms with E-state index in [0.29, 0.717) is 6.54 Å². The Kier molecular flexibility index (Phi) is 7.40. The standard InChI is InChI=1S/C18H28INO3S/c1-13(16-11-10-15(19)17(21)23-16)20(24(22)18(2,3)4)12-14-8-6-5-7-9-14/h5-9,13,15-17,21H,10-12H2,1-4H3/t13-,15-,16+,17-,24-/m1/s1. The third-order valence-electron chi connectivity index (χ3n) is 4.26. The number of rotatable bonds is 5. The highest BCUT2D eigenvalue weighted by atomic mass is 127. The van der Waals surface area contributed by atoms with Crippen LogP contribution in [0.5, 0.6) is 0 Å². The monoisotopic (exact) mass is 465 g/mol. The number of alkyl halides is 1. The minimum absolute atomic E-state index is 0.0381. The first-order valence-corrected chi connectivity index (χ1v) is 10.8. The molecule has 24 heavy (non-hydrogen) atoms. The summed E-state index contributed by atoms with van der Waals surface area (Å²) >= 11 is 1.07. The van der Waals surface area contributed by atoms with Gasteiger partial charge in [-0.05, 0) is 46.1 Å². The molecule has 6 heteroatoms. The van der Waals surface area contributed by atoms with E-state index in [1.807, 2.05) is 43.3 Å². The second-order valence-corrected chi connectivity index (χ2v) is 11.1. The Balaban J connectivity index is 2.18. The molecule has 0 saturated carbocycles. The van der Waals surface area contributed by atoms with E-state index in [0.717, 1.165) is 18.4 Å². The van der Waals surface area contributed by atoms with Gasteiger partial charge in [-0.15, -0.1) is 4.31 Å². The second kappa shape index (κ2) is 8.68. The van der Waals surface area contributed by atoms with Crippen LogP contribution in [0.25, 0.3) is 0 Å². The average Bonchev–Trinajstić information content (AvgIpc) is 2.54. The van der Waals surface area contributed by atoms with Crippen molar-refractivity contribution in [1.82, 2.24) is 4.31 Å². The van der Waals surface area contributed by atoms with Crippen LogP contribution in [0.15, 0.2) is 30.3 Å². The lowest BCUT2D eigenvalue weighted by Crippen LogP contribution is -2.53. The summed E-state index contributed by atoms with van der Waals surface area (Å²) in [6, 6.07) is 10.1. The van der Waals surface area contributed by atoms with Crippen molar-refractivity contribution in [2.24, 2.45) is 0 Å². The molecule has 1 N–H and O–H groups in total. The summed E-state index contributed by atoms with van der Waals surface area (Å²) in [7, 11) is 0. The van der Waals surface area contributed by atoms with Gasteiger partial charge in [-0.3, -0.25) is 0 Å². The van der Waals surface area contributed by atoms with Gasteiger partial charge in [-0.1, -0.05) is 52.9 Å². The first kappa shape index (κ1) is 20.5. The molecular formula is C18H28INO3S. The molecule has 1 saturated heterocycles. The smallest absolute Gasteiger partial charge is 0.166 e. The second-order valence-electron chi connectivity index (χ2n) is 7.32. The van der Waals surface area contributed by atoms with E-state index >= 15 is 0 Å². The lowest BCUT2D eigenvalue weighted by molar-refractivity contribution is -0.168. The zero-order valence-corrected chi connectivity index (χ0v) is 17.8. The summed E-state index contributed by atoms with van der Waals surface area (Å²) in [5.74, 6) is 0. The van der Waals surface area contributed by atoms with Crippen LogP contribution in [0.1, 0.15) is 46.1 Å². The molecule has 2 rings (SSSR count). The number of halogens is 1. The SMILES string of the molecule is C[C@H]([C@@H]1CC[C@@H](I)[C@H](O)O1)N(Cc1ccccc1)[S@+]([O-])C(C)(C)C. The Bertz CT molecular complexity index is 511. The zero-order valence-electron chi connectivity index (χ0n) is 14.8. The van der Waals surface area contributed by atoms with Crippen molar-refractivity contribution >= 4 is 34.0 Å². The van der Waals surface area contributed by atoms with E-state index < -0.39 is 17.7 Å². The Morgan fingerprint density at radius 2 is 1.96 bits per heavy atom. The molecule has 0 radical (unpaired) electrons. The van der Waals surface area contributed by atoms with Crippen molar-refractivity contribution < 1.29 is 14.4 Å². The van der Waals surface area contributed by atoms with E-state index in [2.05, 4.69) is 41.6 Å². The van der Waals surface area contributed by atoms with E-state index in [1.165, 1.54) is 0 Å². The van der Waals surface area contributed by atoms with E-state index in [1.54, 1.807) is 0 Å². The topological polar surface area (TPSA) is 55.8 Å². The molecule has 0 spiro atoms. The third kappa shape index (κ3) is 5.32. The molecule has 0 aliphatic carbocycles. The van der Waals surface area contributed by atoms with Gasteiger partial charge in [0.2, 0.25) is 0 Å². The normalized spacial score (nSPS) is 27.9. The fraction of sp³-hybridized carbons (Fsp3) is 0.667. The highest BCUT2D eigenvalue weighted by Crippen LogP contribution is 2.31. The molecular weight excluding hydrogens is 437 g/mol. The number of ether oxygens (including phenoxy) is 1. The van der Waals surface area contributed by atoms with Gasteiger partial charge >= 0.3 is 0 Å². The maximum absolute atomic E-state index is 13.1. The summed E-state index contributed by atoms with van der Waals surface area (Å²) < 4.78 is 20.7. The lowest BCUT2D eigenvalue weighted by atomic mass is 10.0. The molecule has 5 atom stereocenters. The molecule has 0 amide bonds. The number of nitrogens with zero attached hydrogens (tertiary/aromatic N) is 1. The molecule has 1 aliphatic heterocycles. The number of hydrogen-bond acceptors (Lipinski definition) is 4. The van der Waals surface area contributed by atoms with Crippen LogP contribution in [0.2, 0.25) is 0 Å². The van der Waals surface area contributed by atoms with Crippen LogP contribution in [-0.4, -0.2) is 41.1 Å². The largest absolute Gasteiger partial charge is 0.597 e. The van der Waals surface area contributed by atoms with E-state index in [-0.39, 0.29) is 20.8 Å². The summed E-state index contributed by atoms with van der Waals surface area (Å²) in [5, 5.41) is 10.0. The molecule has 1 aliphatic rings.